The summed E-state index contributed by atoms with van der Waals surface area (Å²) in [5.41, 5.74) is 0. The monoisotopic (exact) mass is 607 g/mol. The second kappa shape index (κ2) is 16.0. The lowest BCUT2D eigenvalue weighted by Crippen LogP contribution is -2.61. The summed E-state index contributed by atoms with van der Waals surface area (Å²) in [4.78, 5) is 85.2. The fraction of sp³-hybridized carbons (Fsp3) is 0.806. The molecule has 43 heavy (non-hydrogen) atoms. The number of likely N-dealkylation sites (N-methyl/N-ethyl adjacent to an activating group) is 2. The Bertz CT molecular complexity index is 1030. The quantitative estimate of drug-likeness (QED) is 0.453. The molecule has 0 spiro atoms. The third kappa shape index (κ3) is 9.15. The molecule has 2 aliphatic heterocycles. The number of piperidine rings is 1. The van der Waals surface area contributed by atoms with Crippen LogP contribution in [0.25, 0.3) is 0 Å². The minimum Gasteiger partial charge on any atom is -0.452 e. The fourth-order valence-corrected chi connectivity index (χ4v) is 5.70. The van der Waals surface area contributed by atoms with Gasteiger partial charge in [0.15, 0.2) is 6.10 Å². The molecule has 0 saturated carbocycles. The molecule has 0 aromatic rings. The molecule has 0 aromatic carbocycles. The zero-order valence-electron chi connectivity index (χ0n) is 27.5. The molecule has 0 aliphatic carbocycles. The Morgan fingerprint density at radius 3 is 2.12 bits per heavy atom. The van der Waals surface area contributed by atoms with Crippen LogP contribution in [0.5, 0.6) is 0 Å². The Balaban J connectivity index is 2.57. The molecule has 12 heteroatoms. The summed E-state index contributed by atoms with van der Waals surface area (Å²) in [6.07, 6.45) is 1.47. The van der Waals surface area contributed by atoms with Crippen molar-refractivity contribution in [3.05, 3.63) is 0 Å². The molecule has 4 unspecified atom stereocenters. The molecule has 0 radical (unpaired) electrons. The maximum atomic E-state index is 14.0. The van der Waals surface area contributed by atoms with Crippen molar-refractivity contribution in [3.63, 3.8) is 0 Å². The maximum Gasteiger partial charge on any atom is 0.308 e. The van der Waals surface area contributed by atoms with E-state index in [4.69, 9.17) is 4.74 Å². The van der Waals surface area contributed by atoms with Crippen molar-refractivity contribution in [1.82, 2.24) is 25.3 Å². The SMILES string of the molecule is CCC(C)C1NC(=O)[C@@H]2CCCCN2C(=O)[C@@H](CC(C)C)OC(=O)CCNC(=O)C(C)N(C)C(=O)C(C(C)C)N(C)C1=O. The largest absolute Gasteiger partial charge is 0.452 e. The van der Waals surface area contributed by atoms with Crippen molar-refractivity contribution in [1.29, 1.82) is 0 Å². The Morgan fingerprint density at radius 2 is 1.53 bits per heavy atom. The second-order valence-corrected chi connectivity index (χ2v) is 12.8. The van der Waals surface area contributed by atoms with Gasteiger partial charge < -0.3 is 30.1 Å². The number of amides is 5. The summed E-state index contributed by atoms with van der Waals surface area (Å²) < 4.78 is 5.63. The highest BCUT2D eigenvalue weighted by molar-refractivity contribution is 5.96. The van der Waals surface area contributed by atoms with Gasteiger partial charge >= 0.3 is 5.97 Å². The van der Waals surface area contributed by atoms with Crippen LogP contribution in [0.15, 0.2) is 0 Å². The van der Waals surface area contributed by atoms with Crippen LogP contribution in [-0.2, 0) is 33.5 Å². The van der Waals surface area contributed by atoms with E-state index in [1.165, 1.54) is 21.7 Å². The molecule has 2 heterocycles. The molecule has 2 aliphatic rings. The normalized spacial score (nSPS) is 28.5. The number of nitrogens with one attached hydrogen (secondary N) is 2. The summed E-state index contributed by atoms with van der Waals surface area (Å²) >= 11 is 0. The van der Waals surface area contributed by atoms with Crippen molar-refractivity contribution >= 4 is 35.5 Å². The summed E-state index contributed by atoms with van der Waals surface area (Å²) in [7, 11) is 3.05. The first-order valence-corrected chi connectivity index (χ1v) is 15.7. The van der Waals surface area contributed by atoms with Gasteiger partial charge in [-0.2, -0.15) is 0 Å². The van der Waals surface area contributed by atoms with Gasteiger partial charge in [-0.3, -0.25) is 28.8 Å². The highest BCUT2D eigenvalue weighted by atomic mass is 16.5. The highest BCUT2D eigenvalue weighted by Crippen LogP contribution is 2.24. The number of hydrogen-bond donors (Lipinski definition) is 2. The number of carbonyl (C=O) groups excluding carboxylic acids is 6. The van der Waals surface area contributed by atoms with Crippen LogP contribution in [0.1, 0.15) is 87.0 Å². The van der Waals surface area contributed by atoms with Gasteiger partial charge in [-0.1, -0.05) is 48.0 Å². The van der Waals surface area contributed by atoms with E-state index in [2.05, 4.69) is 10.6 Å². The summed E-state index contributed by atoms with van der Waals surface area (Å²) in [6.45, 7) is 13.1. The van der Waals surface area contributed by atoms with Crippen molar-refractivity contribution in [2.75, 3.05) is 27.2 Å². The number of ether oxygens (including phenoxy) is 1. The molecule has 0 bridgehead atoms. The molecule has 6 atom stereocenters. The minimum absolute atomic E-state index is 0.0332. The van der Waals surface area contributed by atoms with Crippen LogP contribution in [0, 0.1) is 17.8 Å². The average Bonchev–Trinajstić information content (AvgIpc) is 2.96. The van der Waals surface area contributed by atoms with E-state index in [0.717, 1.165) is 6.42 Å². The van der Waals surface area contributed by atoms with Gasteiger partial charge in [0.1, 0.15) is 24.2 Å². The molecule has 2 N–H and O–H groups in total. The van der Waals surface area contributed by atoms with Gasteiger partial charge in [-0.25, -0.2) is 0 Å². The number of cyclic esters (lactones) is 1. The van der Waals surface area contributed by atoms with E-state index in [1.54, 1.807) is 14.0 Å². The Hall–Kier alpha value is -3.18. The van der Waals surface area contributed by atoms with E-state index < -0.39 is 65.8 Å². The van der Waals surface area contributed by atoms with E-state index in [9.17, 15) is 28.8 Å². The third-order valence-electron chi connectivity index (χ3n) is 8.69. The second-order valence-electron chi connectivity index (χ2n) is 12.8. The van der Waals surface area contributed by atoms with Crippen LogP contribution < -0.4 is 10.6 Å². The fourth-order valence-electron chi connectivity index (χ4n) is 5.70. The topological polar surface area (TPSA) is 145 Å². The Kier molecular flexibility index (Phi) is 13.4. The molecular formula is C31H53N5O7. The third-order valence-corrected chi connectivity index (χ3v) is 8.69. The summed E-state index contributed by atoms with van der Waals surface area (Å²) in [6, 6.07) is -3.53. The molecule has 2 fully saturated rings. The molecular weight excluding hydrogens is 554 g/mol. The van der Waals surface area contributed by atoms with E-state index >= 15 is 0 Å². The first-order valence-electron chi connectivity index (χ1n) is 15.7. The molecule has 244 valence electrons. The smallest absolute Gasteiger partial charge is 0.308 e. The number of carbonyl (C=O) groups is 6. The maximum absolute atomic E-state index is 14.0. The summed E-state index contributed by atoms with van der Waals surface area (Å²) in [5, 5.41) is 5.60. The number of nitrogens with zero attached hydrogens (tertiary/aromatic N) is 3. The lowest BCUT2D eigenvalue weighted by atomic mass is 9.93. The standard InChI is InChI=1S/C31H53N5O7/c1-10-20(6)25-30(41)35(9)26(19(4)5)31(42)34(8)21(7)27(38)32-15-14-24(37)43-23(17-18(2)3)29(40)36-16-12-11-13-22(36)28(39)33-25/h18-23,25-26H,10-17H2,1-9H3,(H,32,38)(H,33,39)/t20?,21?,22-,23+,25?,26?/m0/s1. The number of hydrogen-bond acceptors (Lipinski definition) is 7. The van der Waals surface area contributed by atoms with Gasteiger partial charge in [0.2, 0.25) is 23.6 Å². The van der Waals surface area contributed by atoms with Crippen LogP contribution in [-0.4, -0.2) is 108 Å². The van der Waals surface area contributed by atoms with E-state index in [0.29, 0.717) is 25.8 Å². The average molecular weight is 608 g/mol. The van der Waals surface area contributed by atoms with E-state index in [1.807, 2.05) is 41.5 Å². The lowest BCUT2D eigenvalue weighted by Gasteiger charge is -2.39. The van der Waals surface area contributed by atoms with Crippen LogP contribution in [0.3, 0.4) is 0 Å². The number of rotatable bonds is 5. The zero-order valence-corrected chi connectivity index (χ0v) is 27.5. The van der Waals surface area contributed by atoms with Gasteiger partial charge in [0, 0.05) is 27.2 Å². The molecule has 0 aromatic heterocycles. The van der Waals surface area contributed by atoms with Gasteiger partial charge in [-0.05, 0) is 50.4 Å². The molecule has 12 nitrogen and oxygen atoms in total. The molecule has 2 rings (SSSR count). The zero-order chi connectivity index (χ0) is 32.6. The first-order chi connectivity index (χ1) is 20.1. The van der Waals surface area contributed by atoms with E-state index in [-0.39, 0.29) is 37.1 Å². The van der Waals surface area contributed by atoms with Crippen LogP contribution in [0.4, 0.5) is 0 Å². The Morgan fingerprint density at radius 1 is 0.884 bits per heavy atom. The Labute approximate surface area is 256 Å². The number of fused-ring (bicyclic) bond motifs is 1. The van der Waals surface area contributed by atoms with Gasteiger partial charge in [0.25, 0.3) is 5.91 Å². The predicted octanol–water partition coefficient (Wildman–Crippen LogP) is 1.71. The van der Waals surface area contributed by atoms with Crippen molar-refractivity contribution in [2.45, 2.75) is 117 Å². The van der Waals surface area contributed by atoms with Crippen LogP contribution in [0.2, 0.25) is 0 Å². The van der Waals surface area contributed by atoms with Gasteiger partial charge in [0.05, 0.1) is 6.42 Å². The molecule has 2 saturated heterocycles. The predicted molar refractivity (Wildman–Crippen MR) is 161 cm³/mol. The molecule has 5 amide bonds. The van der Waals surface area contributed by atoms with Crippen molar-refractivity contribution < 1.29 is 33.5 Å². The first kappa shape index (κ1) is 36.0. The van der Waals surface area contributed by atoms with Crippen LogP contribution >= 0.6 is 0 Å². The lowest BCUT2D eigenvalue weighted by molar-refractivity contribution is -0.164. The van der Waals surface area contributed by atoms with Crippen molar-refractivity contribution in [3.8, 4) is 0 Å². The minimum atomic E-state index is -1.08. The summed E-state index contributed by atoms with van der Waals surface area (Å²) in [5.74, 6) is -3.34. The van der Waals surface area contributed by atoms with Gasteiger partial charge in [-0.15, -0.1) is 0 Å². The number of esters is 1. The highest BCUT2D eigenvalue weighted by Gasteiger charge is 2.42. The van der Waals surface area contributed by atoms with Crippen molar-refractivity contribution in [2.24, 2.45) is 17.8 Å².